The van der Waals surface area contributed by atoms with E-state index in [0.717, 1.165) is 22.8 Å². The fraction of sp³-hybridized carbons (Fsp3) is 0.455. The maximum absolute atomic E-state index is 5.34. The van der Waals surface area contributed by atoms with Crippen molar-refractivity contribution < 1.29 is 4.74 Å². The molecule has 0 aliphatic heterocycles. The molecule has 0 saturated heterocycles. The van der Waals surface area contributed by atoms with Gasteiger partial charge in [-0.1, -0.05) is 12.1 Å². The Labute approximate surface area is 92.8 Å². The Balaban J connectivity index is 2.09. The van der Waals surface area contributed by atoms with Crippen molar-refractivity contribution >= 4 is 15.9 Å². The lowest BCUT2D eigenvalue weighted by molar-refractivity contribution is 0.405. The molecule has 0 radical (unpaired) electrons. The molecule has 2 nitrogen and oxygen atoms in total. The van der Waals surface area contributed by atoms with Gasteiger partial charge in [-0.15, -0.1) is 0 Å². The van der Waals surface area contributed by atoms with Crippen molar-refractivity contribution in [3.05, 3.63) is 28.2 Å². The number of nitrogens with one attached hydrogen (secondary N) is 1. The summed E-state index contributed by atoms with van der Waals surface area (Å²) in [6.07, 6.45) is 2.63. The largest absolute Gasteiger partial charge is 0.495 e. The summed E-state index contributed by atoms with van der Waals surface area (Å²) in [5.74, 6) is 0.945. The van der Waals surface area contributed by atoms with Crippen LogP contribution in [0.1, 0.15) is 18.4 Å². The van der Waals surface area contributed by atoms with Gasteiger partial charge in [-0.2, -0.15) is 0 Å². The lowest BCUT2D eigenvalue weighted by Crippen LogP contribution is -2.15. The predicted octanol–water partition coefficient (Wildman–Crippen LogP) is 2.71. The lowest BCUT2D eigenvalue weighted by Gasteiger charge is -2.10. The fourth-order valence-electron chi connectivity index (χ4n) is 1.46. The van der Waals surface area contributed by atoms with Gasteiger partial charge in [-0.3, -0.25) is 0 Å². The van der Waals surface area contributed by atoms with Crippen LogP contribution in [0.2, 0.25) is 0 Å². The van der Waals surface area contributed by atoms with Crippen LogP contribution >= 0.6 is 15.9 Å². The number of halogens is 1. The number of ether oxygens (including phenoxy) is 1. The highest BCUT2D eigenvalue weighted by molar-refractivity contribution is 9.10. The minimum atomic E-state index is 0.735. The molecule has 0 unspecified atom stereocenters. The van der Waals surface area contributed by atoms with Crippen LogP contribution in [0.3, 0.4) is 0 Å². The summed E-state index contributed by atoms with van der Waals surface area (Å²) in [6, 6.07) is 6.87. The molecule has 1 aliphatic carbocycles. The van der Waals surface area contributed by atoms with Crippen LogP contribution in [0.4, 0.5) is 0 Å². The highest BCUT2D eigenvalue weighted by Crippen LogP contribution is 2.29. The van der Waals surface area contributed by atoms with E-state index >= 15 is 0 Å². The van der Waals surface area contributed by atoms with Gasteiger partial charge in [0.05, 0.1) is 11.6 Å². The molecule has 0 amide bonds. The highest BCUT2D eigenvalue weighted by Gasteiger charge is 2.20. The molecule has 0 heterocycles. The maximum Gasteiger partial charge on any atom is 0.137 e. The number of benzene rings is 1. The van der Waals surface area contributed by atoms with Crippen LogP contribution in [-0.2, 0) is 6.54 Å². The average molecular weight is 256 g/mol. The first-order valence-corrected chi connectivity index (χ1v) is 5.65. The van der Waals surface area contributed by atoms with E-state index in [1.165, 1.54) is 18.4 Å². The Hall–Kier alpha value is -0.540. The summed E-state index contributed by atoms with van der Waals surface area (Å²) >= 11 is 3.48. The summed E-state index contributed by atoms with van der Waals surface area (Å²) in [5.41, 5.74) is 1.22. The van der Waals surface area contributed by atoms with E-state index in [-0.39, 0.29) is 0 Å². The van der Waals surface area contributed by atoms with Crippen molar-refractivity contribution in [1.29, 1.82) is 0 Å². The zero-order valence-electron chi connectivity index (χ0n) is 8.22. The van der Waals surface area contributed by atoms with E-state index in [0.29, 0.717) is 0 Å². The smallest absolute Gasteiger partial charge is 0.137 e. The van der Waals surface area contributed by atoms with Crippen molar-refractivity contribution in [2.24, 2.45) is 0 Å². The van der Waals surface area contributed by atoms with Gasteiger partial charge in [0.1, 0.15) is 5.75 Å². The van der Waals surface area contributed by atoms with Gasteiger partial charge >= 0.3 is 0 Å². The quantitative estimate of drug-likeness (QED) is 0.894. The van der Waals surface area contributed by atoms with Crippen LogP contribution in [0.15, 0.2) is 22.7 Å². The lowest BCUT2D eigenvalue weighted by atomic mass is 10.2. The van der Waals surface area contributed by atoms with Crippen molar-refractivity contribution in [3.63, 3.8) is 0 Å². The monoisotopic (exact) mass is 255 g/mol. The van der Waals surface area contributed by atoms with Gasteiger partial charge in [-0.25, -0.2) is 0 Å². The molecule has 0 bridgehead atoms. The third kappa shape index (κ3) is 2.28. The third-order valence-electron chi connectivity index (χ3n) is 2.41. The van der Waals surface area contributed by atoms with Gasteiger partial charge in [0.25, 0.3) is 0 Å². The Bertz CT molecular complexity index is 323. The SMILES string of the molecule is COc1c(Br)cccc1CNC1CC1. The van der Waals surface area contributed by atoms with Gasteiger partial charge < -0.3 is 10.1 Å². The van der Waals surface area contributed by atoms with Crippen LogP contribution in [0, 0.1) is 0 Å². The second-order valence-corrected chi connectivity index (χ2v) is 4.44. The van der Waals surface area contributed by atoms with E-state index in [1.54, 1.807) is 7.11 Å². The maximum atomic E-state index is 5.34. The zero-order valence-corrected chi connectivity index (χ0v) is 9.80. The normalized spacial score (nSPS) is 15.6. The number of rotatable bonds is 4. The van der Waals surface area contributed by atoms with Crippen molar-refractivity contribution in [2.45, 2.75) is 25.4 Å². The van der Waals surface area contributed by atoms with Crippen LogP contribution in [0.25, 0.3) is 0 Å². The van der Waals surface area contributed by atoms with Crippen LogP contribution in [0.5, 0.6) is 5.75 Å². The Morgan fingerprint density at radius 3 is 2.93 bits per heavy atom. The second-order valence-electron chi connectivity index (χ2n) is 3.59. The summed E-state index contributed by atoms with van der Waals surface area (Å²) < 4.78 is 6.37. The Morgan fingerprint density at radius 2 is 2.29 bits per heavy atom. The van der Waals surface area contributed by atoms with Crippen molar-refractivity contribution in [1.82, 2.24) is 5.32 Å². The fourth-order valence-corrected chi connectivity index (χ4v) is 2.03. The summed E-state index contributed by atoms with van der Waals surface area (Å²) in [6.45, 7) is 0.896. The van der Waals surface area contributed by atoms with Crippen LogP contribution in [-0.4, -0.2) is 13.2 Å². The molecule has 3 heteroatoms. The summed E-state index contributed by atoms with van der Waals surface area (Å²) in [4.78, 5) is 0. The van der Waals surface area contributed by atoms with E-state index in [4.69, 9.17) is 4.74 Å². The molecule has 1 aromatic carbocycles. The first-order valence-electron chi connectivity index (χ1n) is 4.86. The number of methoxy groups -OCH3 is 1. The molecule has 1 fully saturated rings. The molecule has 0 aromatic heterocycles. The highest BCUT2D eigenvalue weighted by atomic mass is 79.9. The van der Waals surface area contributed by atoms with Gasteiger partial charge in [0, 0.05) is 18.2 Å². The topological polar surface area (TPSA) is 21.3 Å². The molecule has 2 rings (SSSR count). The molecular formula is C11H14BrNO. The zero-order chi connectivity index (χ0) is 9.97. The molecule has 76 valence electrons. The molecule has 1 N–H and O–H groups in total. The molecule has 1 aromatic rings. The molecule has 0 atom stereocenters. The molecule has 0 spiro atoms. The number of hydrogen-bond acceptors (Lipinski definition) is 2. The Kier molecular flexibility index (Phi) is 3.08. The van der Waals surface area contributed by atoms with E-state index in [2.05, 4.69) is 27.3 Å². The third-order valence-corrected chi connectivity index (χ3v) is 3.04. The van der Waals surface area contributed by atoms with Crippen LogP contribution < -0.4 is 10.1 Å². The minimum absolute atomic E-state index is 0.735. The van der Waals surface area contributed by atoms with E-state index in [1.807, 2.05) is 12.1 Å². The van der Waals surface area contributed by atoms with Gasteiger partial charge in [-0.05, 0) is 34.8 Å². The first kappa shape index (κ1) is 9.99. The molecule has 14 heavy (non-hydrogen) atoms. The molecular weight excluding hydrogens is 242 g/mol. The summed E-state index contributed by atoms with van der Waals surface area (Å²) in [7, 11) is 1.71. The van der Waals surface area contributed by atoms with Crippen molar-refractivity contribution in [3.8, 4) is 5.75 Å². The van der Waals surface area contributed by atoms with Crippen molar-refractivity contribution in [2.75, 3.05) is 7.11 Å². The number of hydrogen-bond donors (Lipinski definition) is 1. The molecule has 1 saturated carbocycles. The van der Waals surface area contributed by atoms with Gasteiger partial charge in [0.15, 0.2) is 0 Å². The standard InChI is InChI=1S/C11H14BrNO/c1-14-11-8(3-2-4-10(11)12)7-13-9-5-6-9/h2-4,9,13H,5-7H2,1H3. The van der Waals surface area contributed by atoms with E-state index < -0.39 is 0 Å². The second kappa shape index (κ2) is 4.32. The number of para-hydroxylation sites is 1. The minimum Gasteiger partial charge on any atom is -0.495 e. The molecule has 1 aliphatic rings. The van der Waals surface area contributed by atoms with E-state index in [9.17, 15) is 0 Å². The first-order chi connectivity index (χ1) is 6.81. The predicted molar refractivity (Wildman–Crippen MR) is 60.6 cm³/mol. The average Bonchev–Trinajstić information content (AvgIpc) is 2.98. The Morgan fingerprint density at radius 1 is 1.50 bits per heavy atom. The summed E-state index contributed by atoms with van der Waals surface area (Å²) in [5, 5.41) is 3.47. The van der Waals surface area contributed by atoms with Gasteiger partial charge in [0.2, 0.25) is 0 Å².